The Labute approximate surface area is 336 Å². The Balaban J connectivity index is 0.755. The molecule has 8 rings (SSSR count). The Morgan fingerprint density at radius 2 is 1.66 bits per heavy atom. The molecule has 0 spiro atoms. The lowest BCUT2D eigenvalue weighted by Gasteiger charge is -2.40. The van der Waals surface area contributed by atoms with Crippen LogP contribution in [0.15, 0.2) is 48.7 Å². The highest BCUT2D eigenvalue weighted by Crippen LogP contribution is 2.33. The summed E-state index contributed by atoms with van der Waals surface area (Å²) in [6.45, 7) is 6.30. The van der Waals surface area contributed by atoms with Crippen LogP contribution in [0.1, 0.15) is 57.8 Å². The molecule has 1 aliphatic carbocycles. The van der Waals surface area contributed by atoms with Gasteiger partial charge in [-0.15, -0.1) is 0 Å². The van der Waals surface area contributed by atoms with Crippen molar-refractivity contribution < 1.29 is 32.7 Å². The smallest absolute Gasteiger partial charge is 0.414 e. The van der Waals surface area contributed by atoms with Crippen molar-refractivity contribution in [1.29, 1.82) is 0 Å². The highest BCUT2D eigenvalue weighted by atomic mass is 19.1. The summed E-state index contributed by atoms with van der Waals surface area (Å²) in [5.41, 5.74) is 2.37. The number of benzene rings is 2. The highest BCUT2D eigenvalue weighted by Gasteiger charge is 2.33. The fourth-order valence-electron chi connectivity index (χ4n) is 8.95. The average Bonchev–Trinajstić information content (AvgIpc) is 3.23. The first-order chi connectivity index (χ1) is 28.2. The molecule has 1 unspecified atom stereocenters. The van der Waals surface area contributed by atoms with Gasteiger partial charge in [0, 0.05) is 87.7 Å². The number of piperazine rings is 1. The Hall–Kier alpha value is -5.38. The van der Waals surface area contributed by atoms with Gasteiger partial charge in [-0.2, -0.15) is 0 Å². The van der Waals surface area contributed by atoms with Crippen molar-refractivity contribution >= 4 is 46.8 Å². The fourth-order valence-corrected chi connectivity index (χ4v) is 8.95. The number of hydrogen-bond acceptors (Lipinski definition) is 11. The molecule has 0 bridgehead atoms. The first kappa shape index (κ1) is 39.4. The number of rotatable bonds is 10. The minimum absolute atomic E-state index is 0.0403. The van der Waals surface area contributed by atoms with Crippen molar-refractivity contribution in [2.24, 2.45) is 11.8 Å². The molecule has 308 valence electrons. The SMILES string of the molecule is O=C1CCC(Nc2ccc(N3CCN(CC4CCC(C(=O)N5CCC(Nc6ncc(F)c(-c7cccc(N8CCCOC8=O)c7)n6)CC5)CC4)CC3)c(F)c2)C(=O)N1. The van der Waals surface area contributed by atoms with E-state index in [0.717, 1.165) is 83.9 Å². The molecule has 5 heterocycles. The number of aromatic nitrogens is 2. The zero-order valence-electron chi connectivity index (χ0n) is 32.6. The van der Waals surface area contributed by atoms with Crippen LogP contribution in [-0.2, 0) is 19.1 Å². The topological polar surface area (TPSA) is 152 Å². The zero-order chi connectivity index (χ0) is 40.2. The number of nitrogens with zero attached hydrogens (tertiary/aromatic N) is 6. The van der Waals surface area contributed by atoms with E-state index >= 15 is 4.39 Å². The number of likely N-dealkylation sites (tertiary alicyclic amines) is 1. The summed E-state index contributed by atoms with van der Waals surface area (Å²) in [6, 6.07) is 11.5. The minimum atomic E-state index is -0.560. The second kappa shape index (κ2) is 17.6. The molecule has 4 aliphatic heterocycles. The van der Waals surface area contributed by atoms with Gasteiger partial charge in [-0.1, -0.05) is 12.1 Å². The fraction of sp³-hybridized carbons (Fsp3) is 0.524. The molecule has 2 aromatic carbocycles. The van der Waals surface area contributed by atoms with E-state index in [1.165, 1.54) is 11.0 Å². The summed E-state index contributed by atoms with van der Waals surface area (Å²) in [5, 5.41) is 8.72. The number of carbonyl (C=O) groups is 4. The molecule has 14 nitrogen and oxygen atoms in total. The molecule has 5 fully saturated rings. The van der Waals surface area contributed by atoms with Crippen LogP contribution in [0.5, 0.6) is 0 Å². The first-order valence-electron chi connectivity index (χ1n) is 20.7. The predicted octanol–water partition coefficient (Wildman–Crippen LogP) is 5.02. The van der Waals surface area contributed by atoms with Crippen molar-refractivity contribution in [2.45, 2.75) is 69.9 Å². The van der Waals surface area contributed by atoms with E-state index in [0.29, 0.717) is 67.2 Å². The van der Waals surface area contributed by atoms with E-state index in [1.807, 2.05) is 4.90 Å². The van der Waals surface area contributed by atoms with E-state index in [1.54, 1.807) is 36.4 Å². The van der Waals surface area contributed by atoms with Crippen LogP contribution in [0.3, 0.4) is 0 Å². The normalized spacial score (nSPS) is 23.7. The predicted molar refractivity (Wildman–Crippen MR) is 214 cm³/mol. The maximum Gasteiger partial charge on any atom is 0.414 e. The molecule has 4 amide bonds. The Bertz CT molecular complexity index is 2000. The number of amides is 4. The molecule has 58 heavy (non-hydrogen) atoms. The third-order valence-corrected chi connectivity index (χ3v) is 12.2. The van der Waals surface area contributed by atoms with Crippen LogP contribution in [0, 0.1) is 23.5 Å². The number of nitrogens with one attached hydrogen (secondary N) is 3. The number of piperidine rings is 2. The highest BCUT2D eigenvalue weighted by molar-refractivity contribution is 6.01. The summed E-state index contributed by atoms with van der Waals surface area (Å²) < 4.78 is 35.3. The van der Waals surface area contributed by atoms with E-state index in [2.05, 4.69) is 35.7 Å². The maximum absolute atomic E-state index is 15.2. The van der Waals surface area contributed by atoms with Crippen LogP contribution < -0.4 is 25.8 Å². The van der Waals surface area contributed by atoms with Gasteiger partial charge >= 0.3 is 6.09 Å². The van der Waals surface area contributed by atoms with Crippen LogP contribution in [0.4, 0.5) is 36.6 Å². The lowest BCUT2D eigenvalue weighted by Crippen LogP contribution is -2.49. The summed E-state index contributed by atoms with van der Waals surface area (Å²) in [4.78, 5) is 66.1. The van der Waals surface area contributed by atoms with Crippen LogP contribution in [-0.4, -0.2) is 115 Å². The molecule has 3 aromatic rings. The summed E-state index contributed by atoms with van der Waals surface area (Å²) >= 11 is 0. The van der Waals surface area contributed by atoms with Crippen LogP contribution >= 0.6 is 0 Å². The monoisotopic (exact) mass is 799 g/mol. The summed E-state index contributed by atoms with van der Waals surface area (Å²) in [6.07, 6.45) is 7.38. The number of hydrogen-bond donors (Lipinski definition) is 3. The van der Waals surface area contributed by atoms with E-state index < -0.39 is 18.0 Å². The van der Waals surface area contributed by atoms with Gasteiger partial charge in [0.1, 0.15) is 17.6 Å². The lowest BCUT2D eigenvalue weighted by atomic mass is 9.80. The number of cyclic esters (lactones) is 1. The van der Waals surface area contributed by atoms with Gasteiger partial charge in [0.2, 0.25) is 23.7 Å². The average molecular weight is 800 g/mol. The van der Waals surface area contributed by atoms with Crippen molar-refractivity contribution in [1.82, 2.24) is 25.1 Å². The largest absolute Gasteiger partial charge is 0.449 e. The van der Waals surface area contributed by atoms with Gasteiger partial charge in [0.15, 0.2) is 5.82 Å². The molecule has 1 saturated carbocycles. The maximum atomic E-state index is 15.2. The van der Waals surface area contributed by atoms with Gasteiger partial charge in [0.05, 0.1) is 18.5 Å². The molecule has 1 atom stereocenters. The standard InChI is InChI=1S/C42H51F2N9O5/c43-33-24-31(46-35-10-12-37(54)48-39(35)55)9-11-36(33)51-20-18-50(19-21-51)26-27-5-7-28(8-6-27)40(56)52-16-13-30(14-17-52)47-41-45-25-34(44)38(49-41)29-3-1-4-32(23-29)53-15-2-22-58-42(53)57/h1,3-4,9,11,23-25,27-28,30,35,46H,2,5-8,10,12-22,26H2,(H,45,47,49)(H,48,54,55). The van der Waals surface area contributed by atoms with E-state index in [9.17, 15) is 23.6 Å². The van der Waals surface area contributed by atoms with Crippen molar-refractivity contribution in [3.63, 3.8) is 0 Å². The summed E-state index contributed by atoms with van der Waals surface area (Å²) in [5.74, 6) is -0.430. The molecular weight excluding hydrogens is 749 g/mol. The van der Waals surface area contributed by atoms with E-state index in [4.69, 9.17) is 4.74 Å². The van der Waals surface area contributed by atoms with Crippen molar-refractivity contribution in [3.8, 4) is 11.3 Å². The number of halogens is 2. The number of anilines is 4. The van der Waals surface area contributed by atoms with Gasteiger partial charge in [0.25, 0.3) is 0 Å². The first-order valence-corrected chi connectivity index (χ1v) is 20.7. The Morgan fingerprint density at radius 3 is 2.40 bits per heavy atom. The van der Waals surface area contributed by atoms with Crippen molar-refractivity contribution in [3.05, 3.63) is 60.3 Å². The van der Waals surface area contributed by atoms with Gasteiger partial charge in [-0.25, -0.2) is 23.5 Å². The Morgan fingerprint density at radius 1 is 0.862 bits per heavy atom. The molecule has 0 radical (unpaired) electrons. The second-order valence-electron chi connectivity index (χ2n) is 16.1. The molecule has 5 aliphatic rings. The third-order valence-electron chi connectivity index (χ3n) is 12.2. The molecule has 4 saturated heterocycles. The van der Waals surface area contributed by atoms with E-state index in [-0.39, 0.29) is 47.6 Å². The molecule has 1 aromatic heterocycles. The lowest BCUT2D eigenvalue weighted by molar-refractivity contribution is -0.138. The van der Waals surface area contributed by atoms with Gasteiger partial charge in [-0.05, 0) is 87.6 Å². The quantitative estimate of drug-likeness (QED) is 0.237. The zero-order valence-corrected chi connectivity index (χ0v) is 32.6. The number of carbonyl (C=O) groups excluding carboxylic acids is 4. The van der Waals surface area contributed by atoms with Crippen LogP contribution in [0.2, 0.25) is 0 Å². The van der Waals surface area contributed by atoms with Gasteiger partial charge in [-0.3, -0.25) is 29.5 Å². The molecular formula is C42H51F2N9O5. The van der Waals surface area contributed by atoms with Gasteiger partial charge < -0.3 is 25.2 Å². The second-order valence-corrected chi connectivity index (χ2v) is 16.1. The molecule has 3 N–H and O–H groups in total. The third kappa shape index (κ3) is 9.16. The van der Waals surface area contributed by atoms with Crippen molar-refractivity contribution in [2.75, 3.05) is 79.4 Å². The minimum Gasteiger partial charge on any atom is -0.449 e. The number of ether oxygens (including phenoxy) is 1. The number of imide groups is 1. The molecule has 16 heteroatoms. The summed E-state index contributed by atoms with van der Waals surface area (Å²) in [7, 11) is 0. The van der Waals surface area contributed by atoms with Crippen LogP contribution in [0.25, 0.3) is 11.3 Å². The Kier molecular flexibility index (Phi) is 12.0.